The number of azide groups is 1. The molecule has 0 heterocycles. The van der Waals surface area contributed by atoms with E-state index in [4.69, 9.17) is 10.3 Å². The lowest BCUT2D eigenvalue weighted by molar-refractivity contribution is 0.217. The molecule has 74 valence electrons. The number of nitrogens with zero attached hydrogens (tertiary/aromatic N) is 3. The summed E-state index contributed by atoms with van der Waals surface area (Å²) in [6, 6.07) is 7.07. The van der Waals surface area contributed by atoms with Crippen LogP contribution in [0.2, 0.25) is 0 Å². The minimum atomic E-state index is 0.209. The minimum Gasteiger partial charge on any atom is -0.491 e. The zero-order chi connectivity index (χ0) is 10.4. The molecule has 1 aromatic carbocycles. The van der Waals surface area contributed by atoms with Gasteiger partial charge in [0.2, 0.25) is 0 Å². The maximum Gasteiger partial charge on any atom is 0.119 e. The van der Waals surface area contributed by atoms with E-state index in [0.29, 0.717) is 5.69 Å². The second-order valence-corrected chi connectivity index (χ2v) is 3.02. The first kappa shape index (κ1) is 10.4. The van der Waals surface area contributed by atoms with E-state index >= 15 is 0 Å². The molecule has 0 radical (unpaired) electrons. The van der Waals surface area contributed by atoms with Gasteiger partial charge < -0.3 is 4.74 Å². The Bertz CT molecular complexity index is 328. The predicted molar refractivity (Wildman–Crippen MR) is 55.6 cm³/mol. The normalized spacial score (nSPS) is 11.6. The summed E-state index contributed by atoms with van der Waals surface area (Å²) in [5, 5.41) is 3.47. The lowest BCUT2D eigenvalue weighted by atomic mass is 10.3. The molecule has 0 aromatic heterocycles. The smallest absolute Gasteiger partial charge is 0.119 e. The quantitative estimate of drug-likeness (QED) is 0.405. The van der Waals surface area contributed by atoms with Gasteiger partial charge in [0.15, 0.2) is 0 Å². The summed E-state index contributed by atoms with van der Waals surface area (Å²) < 4.78 is 5.56. The van der Waals surface area contributed by atoms with Gasteiger partial charge in [0, 0.05) is 10.6 Å². The van der Waals surface area contributed by atoms with Crippen LogP contribution in [0.15, 0.2) is 29.4 Å². The highest BCUT2D eigenvalue weighted by molar-refractivity contribution is 5.40. The van der Waals surface area contributed by atoms with Gasteiger partial charge in [0.05, 0.1) is 6.10 Å². The summed E-state index contributed by atoms with van der Waals surface area (Å²) in [5.74, 6) is 0.802. The third-order valence-corrected chi connectivity index (χ3v) is 1.91. The zero-order valence-electron chi connectivity index (χ0n) is 8.34. The molecule has 0 aliphatic heterocycles. The van der Waals surface area contributed by atoms with Crippen LogP contribution >= 0.6 is 0 Å². The summed E-state index contributed by atoms with van der Waals surface area (Å²) in [7, 11) is 0. The first-order chi connectivity index (χ1) is 6.76. The maximum absolute atomic E-state index is 8.20. The molecule has 0 saturated carbocycles. The van der Waals surface area contributed by atoms with E-state index in [2.05, 4.69) is 16.9 Å². The van der Waals surface area contributed by atoms with Gasteiger partial charge >= 0.3 is 0 Å². The number of ether oxygens (including phenoxy) is 1. The number of hydrogen-bond donors (Lipinski definition) is 0. The Morgan fingerprint density at radius 3 is 2.57 bits per heavy atom. The monoisotopic (exact) mass is 191 g/mol. The fourth-order valence-electron chi connectivity index (χ4n) is 0.959. The molecule has 0 N–H and O–H groups in total. The molecule has 0 aliphatic rings. The third-order valence-electron chi connectivity index (χ3n) is 1.91. The SMILES string of the molecule is CCC(C)Oc1ccc(N=[N+]=[N-])cc1. The lowest BCUT2D eigenvalue weighted by Crippen LogP contribution is -2.09. The average Bonchev–Trinajstić information content (AvgIpc) is 2.21. The summed E-state index contributed by atoms with van der Waals surface area (Å²) in [4.78, 5) is 2.70. The zero-order valence-corrected chi connectivity index (χ0v) is 8.34. The van der Waals surface area contributed by atoms with Crippen molar-refractivity contribution in [2.24, 2.45) is 5.11 Å². The van der Waals surface area contributed by atoms with Crippen LogP contribution in [0.25, 0.3) is 10.4 Å². The number of benzene rings is 1. The average molecular weight is 191 g/mol. The fourth-order valence-corrected chi connectivity index (χ4v) is 0.959. The number of hydrogen-bond acceptors (Lipinski definition) is 2. The van der Waals surface area contributed by atoms with E-state index in [1.165, 1.54) is 0 Å². The summed E-state index contributed by atoms with van der Waals surface area (Å²) in [5.41, 5.74) is 8.80. The van der Waals surface area contributed by atoms with Crippen LogP contribution in [-0.2, 0) is 0 Å². The Balaban J connectivity index is 2.68. The molecule has 1 aromatic rings. The molecule has 0 saturated heterocycles. The highest BCUT2D eigenvalue weighted by Gasteiger charge is 1.99. The first-order valence-corrected chi connectivity index (χ1v) is 4.58. The van der Waals surface area contributed by atoms with E-state index in [0.717, 1.165) is 12.2 Å². The fraction of sp³-hybridized carbons (Fsp3) is 0.400. The van der Waals surface area contributed by atoms with E-state index in [9.17, 15) is 0 Å². The molecule has 0 spiro atoms. The molecule has 1 unspecified atom stereocenters. The van der Waals surface area contributed by atoms with Crippen LogP contribution in [-0.4, -0.2) is 6.10 Å². The van der Waals surface area contributed by atoms with Gasteiger partial charge in [-0.05, 0) is 43.1 Å². The third kappa shape index (κ3) is 2.99. The molecule has 0 bridgehead atoms. The molecule has 0 fully saturated rings. The van der Waals surface area contributed by atoms with Crippen LogP contribution in [0.3, 0.4) is 0 Å². The van der Waals surface area contributed by atoms with Crippen molar-refractivity contribution in [3.05, 3.63) is 34.7 Å². The molecule has 4 heteroatoms. The van der Waals surface area contributed by atoms with Crippen LogP contribution in [0.4, 0.5) is 5.69 Å². The van der Waals surface area contributed by atoms with E-state index in [1.54, 1.807) is 24.3 Å². The van der Waals surface area contributed by atoms with Gasteiger partial charge in [-0.3, -0.25) is 0 Å². The van der Waals surface area contributed by atoms with Gasteiger partial charge in [-0.2, -0.15) is 0 Å². The van der Waals surface area contributed by atoms with Crippen LogP contribution in [0, 0.1) is 0 Å². The topological polar surface area (TPSA) is 58.0 Å². The Labute approximate surface area is 83.1 Å². The summed E-state index contributed by atoms with van der Waals surface area (Å²) in [6.45, 7) is 4.08. The van der Waals surface area contributed by atoms with Crippen molar-refractivity contribution in [1.29, 1.82) is 0 Å². The Morgan fingerprint density at radius 2 is 2.07 bits per heavy atom. The molecular formula is C10H13N3O. The predicted octanol–water partition coefficient (Wildman–Crippen LogP) is 3.81. The van der Waals surface area contributed by atoms with Crippen molar-refractivity contribution in [2.45, 2.75) is 26.4 Å². The van der Waals surface area contributed by atoms with Gasteiger partial charge in [-0.15, -0.1) is 0 Å². The van der Waals surface area contributed by atoms with Gasteiger partial charge in [0.25, 0.3) is 0 Å². The van der Waals surface area contributed by atoms with Crippen LogP contribution in [0.1, 0.15) is 20.3 Å². The van der Waals surface area contributed by atoms with Crippen molar-refractivity contribution >= 4 is 5.69 Å². The van der Waals surface area contributed by atoms with E-state index in [-0.39, 0.29) is 6.10 Å². The highest BCUT2D eigenvalue weighted by atomic mass is 16.5. The van der Waals surface area contributed by atoms with Crippen molar-refractivity contribution < 1.29 is 4.74 Å². The van der Waals surface area contributed by atoms with Crippen molar-refractivity contribution in [1.82, 2.24) is 0 Å². The van der Waals surface area contributed by atoms with E-state index < -0.39 is 0 Å². The molecule has 14 heavy (non-hydrogen) atoms. The summed E-state index contributed by atoms with van der Waals surface area (Å²) >= 11 is 0. The minimum absolute atomic E-state index is 0.209. The molecule has 1 rings (SSSR count). The van der Waals surface area contributed by atoms with Gasteiger partial charge in [0.1, 0.15) is 5.75 Å². The molecule has 4 nitrogen and oxygen atoms in total. The number of rotatable bonds is 4. The van der Waals surface area contributed by atoms with Gasteiger partial charge in [-0.1, -0.05) is 12.0 Å². The molecular weight excluding hydrogens is 178 g/mol. The summed E-state index contributed by atoms with van der Waals surface area (Å²) in [6.07, 6.45) is 1.18. The van der Waals surface area contributed by atoms with Crippen LogP contribution < -0.4 is 4.74 Å². The Kier molecular flexibility index (Phi) is 3.83. The first-order valence-electron chi connectivity index (χ1n) is 4.58. The Hall–Kier alpha value is -1.67. The second kappa shape index (κ2) is 5.14. The van der Waals surface area contributed by atoms with E-state index in [1.807, 2.05) is 6.92 Å². The van der Waals surface area contributed by atoms with Crippen molar-refractivity contribution in [3.63, 3.8) is 0 Å². The van der Waals surface area contributed by atoms with Crippen molar-refractivity contribution in [2.75, 3.05) is 0 Å². The van der Waals surface area contributed by atoms with Crippen LogP contribution in [0.5, 0.6) is 5.75 Å². The van der Waals surface area contributed by atoms with Crippen molar-refractivity contribution in [3.8, 4) is 5.75 Å². The standard InChI is InChI=1S/C10H13N3O/c1-3-8(2)14-10-6-4-9(5-7-10)12-13-11/h4-8H,3H2,1-2H3. The molecule has 0 aliphatic carbocycles. The largest absolute Gasteiger partial charge is 0.491 e. The van der Waals surface area contributed by atoms with Gasteiger partial charge in [-0.25, -0.2) is 0 Å². The maximum atomic E-state index is 8.20. The molecule has 0 amide bonds. The lowest BCUT2D eigenvalue weighted by Gasteiger charge is -2.11. The highest BCUT2D eigenvalue weighted by Crippen LogP contribution is 2.19. The second-order valence-electron chi connectivity index (χ2n) is 3.02. The molecule has 1 atom stereocenters. The Morgan fingerprint density at radius 1 is 1.43 bits per heavy atom.